The number of thiazole rings is 1. The minimum absolute atomic E-state index is 0.105. The molecule has 148 valence electrons. The van der Waals surface area contributed by atoms with Gasteiger partial charge in [0.05, 0.1) is 23.7 Å². The second-order valence-corrected chi connectivity index (χ2v) is 8.92. The monoisotopic (exact) mass is 414 g/mol. The Hall–Kier alpha value is -2.05. The number of benzene rings is 2. The molecular weight excluding hydrogens is 388 g/mol. The number of hydrogen-bond donors (Lipinski definition) is 0. The van der Waals surface area contributed by atoms with Crippen molar-refractivity contribution in [1.29, 1.82) is 0 Å². The normalized spacial score (nSPS) is 12.0. The van der Waals surface area contributed by atoms with Gasteiger partial charge in [0, 0.05) is 18.4 Å². The molecule has 0 aliphatic rings. The quantitative estimate of drug-likeness (QED) is 0.589. The van der Waals surface area contributed by atoms with Crippen LogP contribution in [0.5, 0.6) is 5.75 Å². The number of methoxy groups -OCH3 is 1. The minimum atomic E-state index is -0.105. The van der Waals surface area contributed by atoms with Crippen LogP contribution in [0.15, 0.2) is 35.3 Å². The third kappa shape index (κ3) is 4.50. The van der Waals surface area contributed by atoms with Crippen molar-refractivity contribution in [2.75, 3.05) is 19.1 Å². The predicted molar refractivity (Wildman–Crippen MR) is 120 cm³/mol. The minimum Gasteiger partial charge on any atom is -0.497 e. The molecule has 0 radical (unpaired) electrons. The maximum Gasteiger partial charge on any atom is 0.252 e. The Morgan fingerprint density at radius 3 is 2.54 bits per heavy atom. The molecule has 0 aliphatic carbocycles. The van der Waals surface area contributed by atoms with Crippen molar-refractivity contribution in [3.8, 4) is 5.75 Å². The number of hydrogen-bond acceptors (Lipinski definition) is 4. The summed E-state index contributed by atoms with van der Waals surface area (Å²) in [6.45, 7) is 7.01. The molecule has 0 saturated heterocycles. The average molecular weight is 415 g/mol. The molecule has 1 heterocycles. The lowest BCUT2D eigenvalue weighted by molar-refractivity contribution is -0.117. The van der Waals surface area contributed by atoms with Gasteiger partial charge >= 0.3 is 0 Å². The Balaban J connectivity index is 2.01. The van der Waals surface area contributed by atoms with Crippen molar-refractivity contribution in [3.63, 3.8) is 0 Å². The van der Waals surface area contributed by atoms with Crippen LogP contribution in [-0.2, 0) is 17.8 Å². The number of amides is 1. The number of thioether (sulfide) groups is 1. The molecule has 0 spiro atoms. The highest BCUT2D eigenvalue weighted by Crippen LogP contribution is 2.23. The molecule has 0 aliphatic heterocycles. The number of carbonyl (C=O) groups excluding carboxylic acids is 1. The third-order valence-corrected chi connectivity index (χ3v) is 6.45. The zero-order valence-corrected chi connectivity index (χ0v) is 18.7. The van der Waals surface area contributed by atoms with E-state index in [0.29, 0.717) is 6.42 Å². The fourth-order valence-corrected chi connectivity index (χ4v) is 4.86. The highest BCUT2D eigenvalue weighted by atomic mass is 32.2. The number of aromatic nitrogens is 1. The Bertz CT molecular complexity index is 1060. The van der Waals surface area contributed by atoms with Crippen LogP contribution in [0.4, 0.5) is 0 Å². The summed E-state index contributed by atoms with van der Waals surface area (Å²) in [5.41, 5.74) is 5.66. The van der Waals surface area contributed by atoms with E-state index in [1.807, 2.05) is 18.2 Å². The van der Waals surface area contributed by atoms with Crippen LogP contribution >= 0.6 is 23.1 Å². The topological polar surface area (TPSA) is 43.6 Å². The van der Waals surface area contributed by atoms with Crippen LogP contribution in [0.2, 0.25) is 0 Å². The van der Waals surface area contributed by atoms with E-state index in [1.165, 1.54) is 5.56 Å². The number of aryl methyl sites for hydroxylation is 4. The summed E-state index contributed by atoms with van der Waals surface area (Å²) < 4.78 is 8.61. The number of carbonyl (C=O) groups is 1. The third-order valence-electron chi connectivity index (χ3n) is 4.80. The first-order chi connectivity index (χ1) is 13.4. The molecule has 0 bridgehead atoms. The zero-order valence-electron chi connectivity index (χ0n) is 17.0. The van der Waals surface area contributed by atoms with Crippen molar-refractivity contribution in [3.05, 3.63) is 57.4 Å². The van der Waals surface area contributed by atoms with E-state index >= 15 is 0 Å². The lowest BCUT2D eigenvalue weighted by Gasteiger charge is -2.09. The highest BCUT2D eigenvalue weighted by Gasteiger charge is 2.12. The Morgan fingerprint density at radius 1 is 1.18 bits per heavy atom. The van der Waals surface area contributed by atoms with Gasteiger partial charge in [-0.25, -0.2) is 0 Å². The van der Waals surface area contributed by atoms with E-state index in [0.717, 1.165) is 49.8 Å². The molecule has 28 heavy (non-hydrogen) atoms. The fraction of sp³-hybridized carbons (Fsp3) is 0.364. The standard InChI is InChI=1S/C22H26N2O2S2/c1-14-10-15(2)18(16(3)11-14)13-21(25)23-22-24(8-9-27-5)19-12-17(26-4)6-7-20(19)28-22/h6-7,10-12H,8-9,13H2,1-5H3. The first-order valence-electron chi connectivity index (χ1n) is 9.23. The van der Waals surface area contributed by atoms with Gasteiger partial charge in [-0.05, 0) is 55.9 Å². The second kappa shape index (κ2) is 8.97. The zero-order chi connectivity index (χ0) is 20.3. The highest BCUT2D eigenvalue weighted by molar-refractivity contribution is 7.98. The van der Waals surface area contributed by atoms with Gasteiger partial charge in [0.1, 0.15) is 5.75 Å². The van der Waals surface area contributed by atoms with Crippen molar-refractivity contribution in [2.24, 2.45) is 4.99 Å². The summed E-state index contributed by atoms with van der Waals surface area (Å²) in [6, 6.07) is 10.2. The summed E-state index contributed by atoms with van der Waals surface area (Å²) in [5, 5.41) is 0. The molecule has 1 aromatic heterocycles. The molecule has 0 unspecified atom stereocenters. The molecule has 0 fully saturated rings. The summed E-state index contributed by atoms with van der Waals surface area (Å²) in [5.74, 6) is 1.67. The van der Waals surface area contributed by atoms with Crippen molar-refractivity contribution >= 4 is 39.2 Å². The van der Waals surface area contributed by atoms with Gasteiger partial charge in [0.15, 0.2) is 4.80 Å². The van der Waals surface area contributed by atoms with E-state index in [9.17, 15) is 4.79 Å². The lowest BCUT2D eigenvalue weighted by atomic mass is 9.97. The summed E-state index contributed by atoms with van der Waals surface area (Å²) in [4.78, 5) is 18.0. The van der Waals surface area contributed by atoms with Crippen molar-refractivity contribution in [2.45, 2.75) is 33.7 Å². The van der Waals surface area contributed by atoms with Crippen LogP contribution < -0.4 is 9.54 Å². The maximum absolute atomic E-state index is 12.8. The molecule has 3 rings (SSSR count). The van der Waals surface area contributed by atoms with Gasteiger partial charge in [-0.2, -0.15) is 16.8 Å². The Morgan fingerprint density at radius 2 is 1.89 bits per heavy atom. The Labute approximate surface area is 174 Å². The van der Waals surface area contributed by atoms with Gasteiger partial charge < -0.3 is 9.30 Å². The largest absolute Gasteiger partial charge is 0.497 e. The summed E-state index contributed by atoms with van der Waals surface area (Å²) in [6.07, 6.45) is 2.42. The number of rotatable bonds is 6. The molecule has 0 N–H and O–H groups in total. The molecule has 0 saturated carbocycles. The van der Waals surface area contributed by atoms with Crippen LogP contribution in [0.3, 0.4) is 0 Å². The van der Waals surface area contributed by atoms with Crippen LogP contribution in [0.25, 0.3) is 10.2 Å². The SMILES string of the molecule is COc1ccc2sc(=NC(=O)Cc3c(C)cc(C)cc3C)n(CCSC)c2c1. The second-order valence-electron chi connectivity index (χ2n) is 6.92. The number of nitrogens with zero attached hydrogens (tertiary/aromatic N) is 2. The van der Waals surface area contributed by atoms with E-state index in [1.54, 1.807) is 30.2 Å². The maximum atomic E-state index is 12.8. The van der Waals surface area contributed by atoms with Gasteiger partial charge in [0.25, 0.3) is 5.91 Å². The smallest absolute Gasteiger partial charge is 0.252 e. The van der Waals surface area contributed by atoms with Crippen molar-refractivity contribution in [1.82, 2.24) is 4.57 Å². The van der Waals surface area contributed by atoms with Crippen LogP contribution in [0.1, 0.15) is 22.3 Å². The van der Waals surface area contributed by atoms with E-state index < -0.39 is 0 Å². The van der Waals surface area contributed by atoms with Crippen LogP contribution in [0, 0.1) is 20.8 Å². The van der Waals surface area contributed by atoms with Gasteiger partial charge in [-0.15, -0.1) is 0 Å². The molecule has 3 aromatic rings. The molecular formula is C22H26N2O2S2. The predicted octanol–water partition coefficient (Wildman–Crippen LogP) is 4.67. The molecule has 0 atom stereocenters. The van der Waals surface area contributed by atoms with E-state index in [4.69, 9.17) is 4.74 Å². The molecule has 4 nitrogen and oxygen atoms in total. The van der Waals surface area contributed by atoms with Crippen molar-refractivity contribution < 1.29 is 9.53 Å². The lowest BCUT2D eigenvalue weighted by Crippen LogP contribution is -2.19. The fourth-order valence-electron chi connectivity index (χ4n) is 3.45. The summed E-state index contributed by atoms with van der Waals surface area (Å²) >= 11 is 3.33. The first kappa shape index (κ1) is 20.7. The van der Waals surface area contributed by atoms with Gasteiger partial charge in [-0.1, -0.05) is 29.0 Å². The first-order valence-corrected chi connectivity index (χ1v) is 11.4. The molecule has 2 aromatic carbocycles. The average Bonchev–Trinajstić information content (AvgIpc) is 2.98. The van der Waals surface area contributed by atoms with Gasteiger partial charge in [-0.3, -0.25) is 4.79 Å². The number of ether oxygens (including phenoxy) is 1. The van der Waals surface area contributed by atoms with Gasteiger partial charge in [0.2, 0.25) is 0 Å². The van der Waals surface area contributed by atoms with Crippen LogP contribution in [-0.4, -0.2) is 29.6 Å². The molecule has 1 amide bonds. The molecule has 6 heteroatoms. The Kier molecular flexibility index (Phi) is 6.62. The van der Waals surface area contributed by atoms with E-state index in [2.05, 4.69) is 48.7 Å². The number of fused-ring (bicyclic) bond motifs is 1. The summed E-state index contributed by atoms with van der Waals surface area (Å²) in [7, 11) is 1.67. The van der Waals surface area contributed by atoms with E-state index in [-0.39, 0.29) is 5.91 Å².